The summed E-state index contributed by atoms with van der Waals surface area (Å²) in [6, 6.07) is 6.87. The highest BCUT2D eigenvalue weighted by Crippen LogP contribution is 2.30. The lowest BCUT2D eigenvalue weighted by Crippen LogP contribution is -2.43. The zero-order valence-corrected chi connectivity index (χ0v) is 6.53. The molecule has 0 aliphatic carbocycles. The third kappa shape index (κ3) is 0.942. The Hall–Kier alpha value is -1.51. The maximum absolute atomic E-state index is 11.0. The lowest BCUT2D eigenvalue weighted by molar-refractivity contribution is -0.122. The molecule has 62 valence electrons. The van der Waals surface area contributed by atoms with Crippen LogP contribution >= 0.6 is 0 Å². The lowest BCUT2D eigenvalue weighted by Gasteiger charge is -2.30. The van der Waals surface area contributed by atoms with Crippen molar-refractivity contribution in [3.05, 3.63) is 24.3 Å². The Balaban J connectivity index is 2.33. The van der Waals surface area contributed by atoms with Gasteiger partial charge in [0, 0.05) is 13.0 Å². The fraction of sp³-hybridized carbons (Fsp3) is 0.222. The summed E-state index contributed by atoms with van der Waals surface area (Å²) in [5.41, 5.74) is 0.619. The Morgan fingerprint density at radius 2 is 2.08 bits per heavy atom. The summed E-state index contributed by atoms with van der Waals surface area (Å²) in [5.74, 6) is 0.252. The number of aromatic hydroxyl groups is 1. The first-order valence-corrected chi connectivity index (χ1v) is 3.87. The van der Waals surface area contributed by atoms with E-state index in [1.165, 1.54) is 0 Å². The van der Waals surface area contributed by atoms with Crippen LogP contribution in [0.25, 0.3) is 0 Å². The van der Waals surface area contributed by atoms with Gasteiger partial charge in [-0.25, -0.2) is 0 Å². The van der Waals surface area contributed by atoms with Gasteiger partial charge in [-0.2, -0.15) is 0 Å². The molecule has 0 atom stereocenters. The molecule has 3 nitrogen and oxygen atoms in total. The van der Waals surface area contributed by atoms with Crippen LogP contribution in [0.15, 0.2) is 24.3 Å². The first-order chi connectivity index (χ1) is 5.79. The molecule has 2 rings (SSSR count). The molecule has 0 bridgehead atoms. The van der Waals surface area contributed by atoms with Gasteiger partial charge in [0.05, 0.1) is 5.69 Å². The number of amides is 1. The minimum absolute atomic E-state index is 0.0801. The molecule has 1 N–H and O–H groups in total. The molecular weight excluding hydrogens is 154 g/mol. The van der Waals surface area contributed by atoms with E-state index in [4.69, 9.17) is 0 Å². The van der Waals surface area contributed by atoms with Gasteiger partial charge in [-0.1, -0.05) is 12.1 Å². The van der Waals surface area contributed by atoms with Crippen molar-refractivity contribution in [3.63, 3.8) is 0 Å². The molecule has 1 aliphatic rings. The number of phenols is 1. The van der Waals surface area contributed by atoms with E-state index < -0.39 is 0 Å². The Kier molecular flexibility index (Phi) is 1.50. The summed E-state index contributed by atoms with van der Waals surface area (Å²) >= 11 is 0. The molecule has 0 aromatic heterocycles. The average Bonchev–Trinajstić information content (AvgIpc) is 2.06. The van der Waals surface area contributed by atoms with E-state index >= 15 is 0 Å². The topological polar surface area (TPSA) is 40.5 Å². The second-order valence-corrected chi connectivity index (χ2v) is 2.78. The number of anilines is 1. The Morgan fingerprint density at radius 3 is 2.58 bits per heavy atom. The highest BCUT2D eigenvalue weighted by atomic mass is 16.3. The van der Waals surface area contributed by atoms with Crippen LogP contribution in [-0.2, 0) is 4.79 Å². The molecule has 1 aromatic rings. The minimum atomic E-state index is 0.0801. The van der Waals surface area contributed by atoms with E-state index in [1.54, 1.807) is 29.2 Å². The minimum Gasteiger partial charge on any atom is -0.506 e. The lowest BCUT2D eigenvalue weighted by atomic mass is 10.1. The van der Waals surface area contributed by atoms with Crippen molar-refractivity contribution in [1.82, 2.24) is 0 Å². The molecule has 1 heterocycles. The van der Waals surface area contributed by atoms with E-state index in [0.717, 1.165) is 6.54 Å². The van der Waals surface area contributed by atoms with Crippen LogP contribution in [0.4, 0.5) is 5.69 Å². The van der Waals surface area contributed by atoms with E-state index in [-0.39, 0.29) is 11.7 Å². The SMILES string of the molecule is O=C1CCN1c1ccccc1O. The monoisotopic (exact) mass is 163 g/mol. The third-order valence-electron chi connectivity index (χ3n) is 2.02. The molecule has 3 heteroatoms. The first-order valence-electron chi connectivity index (χ1n) is 3.87. The molecule has 0 spiro atoms. The second-order valence-electron chi connectivity index (χ2n) is 2.78. The van der Waals surface area contributed by atoms with Gasteiger partial charge in [0.25, 0.3) is 0 Å². The van der Waals surface area contributed by atoms with Crippen LogP contribution in [0.1, 0.15) is 6.42 Å². The fourth-order valence-electron chi connectivity index (χ4n) is 1.26. The van der Waals surface area contributed by atoms with Crippen molar-refractivity contribution in [2.24, 2.45) is 0 Å². The fourth-order valence-corrected chi connectivity index (χ4v) is 1.26. The first kappa shape index (κ1) is 7.16. The standard InChI is InChI=1S/C9H9NO2/c11-8-4-2-1-3-7(8)10-6-5-9(10)12/h1-4,11H,5-6H2. The van der Waals surface area contributed by atoms with E-state index in [1.807, 2.05) is 0 Å². The number of hydrogen-bond donors (Lipinski definition) is 1. The largest absolute Gasteiger partial charge is 0.506 e. The van der Waals surface area contributed by atoms with Crippen molar-refractivity contribution >= 4 is 11.6 Å². The summed E-state index contributed by atoms with van der Waals surface area (Å²) in [5, 5.41) is 9.37. The van der Waals surface area contributed by atoms with Crippen LogP contribution < -0.4 is 4.90 Å². The molecule has 1 aromatic carbocycles. The summed E-state index contributed by atoms with van der Waals surface area (Å²) in [4.78, 5) is 12.6. The van der Waals surface area contributed by atoms with Crippen molar-refractivity contribution < 1.29 is 9.90 Å². The Labute approximate surface area is 70.2 Å². The third-order valence-corrected chi connectivity index (χ3v) is 2.02. The molecule has 0 radical (unpaired) electrons. The second kappa shape index (κ2) is 2.52. The predicted octanol–water partition coefficient (Wildman–Crippen LogP) is 1.13. The van der Waals surface area contributed by atoms with Crippen LogP contribution in [0, 0.1) is 0 Å². The quantitative estimate of drug-likeness (QED) is 0.630. The molecule has 0 saturated carbocycles. The number of carbonyl (C=O) groups is 1. The Bertz CT molecular complexity index is 322. The van der Waals surface area contributed by atoms with Crippen LogP contribution in [0.3, 0.4) is 0 Å². The van der Waals surface area contributed by atoms with Crippen LogP contribution in [-0.4, -0.2) is 17.6 Å². The summed E-state index contributed by atoms with van der Waals surface area (Å²) in [7, 11) is 0. The summed E-state index contributed by atoms with van der Waals surface area (Å²) < 4.78 is 0. The number of β-lactam (4-membered cyclic amide) rings is 1. The average molecular weight is 163 g/mol. The highest BCUT2D eigenvalue weighted by Gasteiger charge is 2.26. The van der Waals surface area contributed by atoms with Gasteiger partial charge in [0.15, 0.2) is 0 Å². The predicted molar refractivity (Wildman–Crippen MR) is 45.1 cm³/mol. The number of benzene rings is 1. The van der Waals surface area contributed by atoms with Crippen LogP contribution in [0.2, 0.25) is 0 Å². The van der Waals surface area contributed by atoms with Gasteiger partial charge >= 0.3 is 0 Å². The number of phenolic OH excluding ortho intramolecular Hbond substituents is 1. The van der Waals surface area contributed by atoms with Crippen molar-refractivity contribution in [3.8, 4) is 5.75 Å². The maximum Gasteiger partial charge on any atom is 0.228 e. The number of nitrogens with zero attached hydrogens (tertiary/aromatic N) is 1. The normalized spacial score (nSPS) is 16.0. The van der Waals surface area contributed by atoms with Gasteiger partial charge in [0.2, 0.25) is 5.91 Å². The van der Waals surface area contributed by atoms with Gasteiger partial charge in [-0.15, -0.1) is 0 Å². The zero-order chi connectivity index (χ0) is 8.55. The van der Waals surface area contributed by atoms with Crippen molar-refractivity contribution in [2.45, 2.75) is 6.42 Å². The molecule has 1 aliphatic heterocycles. The van der Waals surface area contributed by atoms with Gasteiger partial charge < -0.3 is 10.0 Å². The molecule has 0 unspecified atom stereocenters. The zero-order valence-electron chi connectivity index (χ0n) is 6.53. The van der Waals surface area contributed by atoms with E-state index in [2.05, 4.69) is 0 Å². The molecule has 1 amide bonds. The maximum atomic E-state index is 11.0. The van der Waals surface area contributed by atoms with E-state index in [9.17, 15) is 9.90 Å². The summed E-state index contributed by atoms with van der Waals surface area (Å²) in [6.07, 6.45) is 0.592. The number of hydrogen-bond acceptors (Lipinski definition) is 2. The number of carbonyl (C=O) groups excluding carboxylic acids is 1. The smallest absolute Gasteiger partial charge is 0.228 e. The number of para-hydroxylation sites is 2. The molecule has 12 heavy (non-hydrogen) atoms. The van der Waals surface area contributed by atoms with Gasteiger partial charge in [-0.05, 0) is 12.1 Å². The highest BCUT2D eigenvalue weighted by molar-refractivity contribution is 6.00. The molecule has 1 saturated heterocycles. The van der Waals surface area contributed by atoms with E-state index in [0.29, 0.717) is 12.1 Å². The van der Waals surface area contributed by atoms with Crippen LogP contribution in [0.5, 0.6) is 5.75 Å². The van der Waals surface area contributed by atoms with Crippen molar-refractivity contribution in [2.75, 3.05) is 11.4 Å². The summed E-state index contributed by atoms with van der Waals surface area (Å²) in [6.45, 7) is 0.719. The van der Waals surface area contributed by atoms with Gasteiger partial charge in [-0.3, -0.25) is 4.79 Å². The molecule has 1 fully saturated rings. The molecular formula is C9H9NO2. The van der Waals surface area contributed by atoms with Gasteiger partial charge in [0.1, 0.15) is 5.75 Å². The van der Waals surface area contributed by atoms with Crippen molar-refractivity contribution in [1.29, 1.82) is 0 Å². The Morgan fingerprint density at radius 1 is 1.33 bits per heavy atom. The number of rotatable bonds is 1.